The number of hydrogen-bond donors (Lipinski definition) is 1. The van der Waals surface area contributed by atoms with Crippen LogP contribution < -0.4 is 10.5 Å². The van der Waals surface area contributed by atoms with Gasteiger partial charge in [0.25, 0.3) is 5.91 Å². The van der Waals surface area contributed by atoms with E-state index in [9.17, 15) is 9.18 Å². The third-order valence-corrected chi connectivity index (χ3v) is 2.90. The van der Waals surface area contributed by atoms with Crippen molar-refractivity contribution in [1.29, 1.82) is 5.26 Å². The van der Waals surface area contributed by atoms with Crippen LogP contribution in [0.15, 0.2) is 54.1 Å². The molecule has 22 heavy (non-hydrogen) atoms. The Morgan fingerprint density at radius 2 is 1.82 bits per heavy atom. The van der Waals surface area contributed by atoms with Gasteiger partial charge in [-0.15, -0.1) is 0 Å². The SMILES string of the molecule is N#C/C(=C\c1ccc(OCc2ccc(F)cc2)cc1)C(N)=O. The molecule has 0 aromatic heterocycles. The van der Waals surface area contributed by atoms with Crippen LogP contribution in [0.2, 0.25) is 0 Å². The zero-order valence-corrected chi connectivity index (χ0v) is 11.6. The second-order valence-corrected chi connectivity index (χ2v) is 4.52. The van der Waals surface area contributed by atoms with Crippen molar-refractivity contribution >= 4 is 12.0 Å². The molecule has 0 saturated heterocycles. The molecule has 0 atom stereocenters. The maximum Gasteiger partial charge on any atom is 0.259 e. The van der Waals surface area contributed by atoms with Gasteiger partial charge < -0.3 is 10.5 Å². The van der Waals surface area contributed by atoms with Crippen LogP contribution >= 0.6 is 0 Å². The Morgan fingerprint density at radius 1 is 1.18 bits per heavy atom. The molecular formula is C17H13FN2O2. The van der Waals surface area contributed by atoms with Crippen LogP contribution in [-0.2, 0) is 11.4 Å². The van der Waals surface area contributed by atoms with Gasteiger partial charge in [0.2, 0.25) is 0 Å². The fourth-order valence-corrected chi connectivity index (χ4v) is 1.73. The number of halogens is 1. The Kier molecular flexibility index (Phi) is 4.89. The van der Waals surface area contributed by atoms with E-state index in [2.05, 4.69) is 0 Å². The molecule has 0 bridgehead atoms. The molecule has 2 rings (SSSR count). The number of nitriles is 1. The van der Waals surface area contributed by atoms with Crippen molar-refractivity contribution < 1.29 is 13.9 Å². The largest absolute Gasteiger partial charge is 0.489 e. The molecule has 0 fully saturated rings. The molecule has 110 valence electrons. The molecule has 0 saturated carbocycles. The van der Waals surface area contributed by atoms with Crippen molar-refractivity contribution in [3.8, 4) is 11.8 Å². The van der Waals surface area contributed by atoms with Crippen LogP contribution in [0.5, 0.6) is 5.75 Å². The van der Waals surface area contributed by atoms with Gasteiger partial charge in [-0.25, -0.2) is 4.39 Å². The Labute approximate surface area is 127 Å². The van der Waals surface area contributed by atoms with Crippen LogP contribution in [0.1, 0.15) is 11.1 Å². The number of hydrogen-bond acceptors (Lipinski definition) is 3. The smallest absolute Gasteiger partial charge is 0.259 e. The Hall–Kier alpha value is -3.13. The number of amides is 1. The highest BCUT2D eigenvalue weighted by Gasteiger charge is 2.03. The highest BCUT2D eigenvalue weighted by Crippen LogP contribution is 2.16. The van der Waals surface area contributed by atoms with Gasteiger partial charge >= 0.3 is 0 Å². The zero-order valence-electron chi connectivity index (χ0n) is 11.6. The summed E-state index contributed by atoms with van der Waals surface area (Å²) < 4.78 is 18.3. The van der Waals surface area contributed by atoms with Crippen LogP contribution in [-0.4, -0.2) is 5.91 Å². The third kappa shape index (κ3) is 4.18. The Balaban J connectivity index is 2.02. The van der Waals surface area contributed by atoms with E-state index in [1.54, 1.807) is 42.5 Å². The molecular weight excluding hydrogens is 283 g/mol. The summed E-state index contributed by atoms with van der Waals surface area (Å²) in [7, 11) is 0. The summed E-state index contributed by atoms with van der Waals surface area (Å²) >= 11 is 0. The minimum atomic E-state index is -0.765. The molecule has 1 amide bonds. The summed E-state index contributed by atoms with van der Waals surface area (Å²) in [4.78, 5) is 11.0. The van der Waals surface area contributed by atoms with E-state index in [1.165, 1.54) is 18.2 Å². The lowest BCUT2D eigenvalue weighted by Gasteiger charge is -2.06. The zero-order chi connectivity index (χ0) is 15.9. The summed E-state index contributed by atoms with van der Waals surface area (Å²) in [5.74, 6) is -0.430. The molecule has 0 aliphatic rings. The second kappa shape index (κ2) is 7.04. The average molecular weight is 296 g/mol. The van der Waals surface area contributed by atoms with E-state index in [4.69, 9.17) is 15.7 Å². The molecule has 0 unspecified atom stereocenters. The molecule has 0 spiro atoms. The van der Waals surface area contributed by atoms with Gasteiger partial charge in [-0.05, 0) is 41.5 Å². The van der Waals surface area contributed by atoms with Crippen LogP contribution in [0.3, 0.4) is 0 Å². The molecule has 2 N–H and O–H groups in total. The summed E-state index contributed by atoms with van der Waals surface area (Å²) in [6.45, 7) is 0.320. The number of carbonyl (C=O) groups is 1. The number of rotatable bonds is 5. The highest BCUT2D eigenvalue weighted by molar-refractivity contribution is 6.00. The van der Waals surface area contributed by atoms with Gasteiger partial charge in [0.15, 0.2) is 0 Å². The molecule has 2 aromatic rings. The predicted molar refractivity (Wildman–Crippen MR) is 80.0 cm³/mol. The van der Waals surface area contributed by atoms with E-state index in [0.717, 1.165) is 5.56 Å². The Bertz CT molecular complexity index is 729. The van der Waals surface area contributed by atoms with E-state index in [-0.39, 0.29) is 11.4 Å². The van der Waals surface area contributed by atoms with Gasteiger partial charge in [0, 0.05) is 0 Å². The first kappa shape index (κ1) is 15.3. The van der Waals surface area contributed by atoms with Gasteiger partial charge in [-0.3, -0.25) is 4.79 Å². The number of ether oxygens (including phenoxy) is 1. The number of carbonyl (C=O) groups excluding carboxylic acids is 1. The lowest BCUT2D eigenvalue weighted by Crippen LogP contribution is -2.12. The van der Waals surface area contributed by atoms with Crippen molar-refractivity contribution in [2.75, 3.05) is 0 Å². The molecule has 0 aliphatic carbocycles. The van der Waals surface area contributed by atoms with Crippen molar-refractivity contribution in [2.24, 2.45) is 5.73 Å². The van der Waals surface area contributed by atoms with E-state index < -0.39 is 5.91 Å². The maximum atomic E-state index is 12.8. The van der Waals surface area contributed by atoms with Crippen LogP contribution in [0.25, 0.3) is 6.08 Å². The standard InChI is InChI=1S/C17H13FN2O2/c18-15-5-1-13(2-6-15)11-22-16-7-3-12(4-8-16)9-14(10-19)17(20)21/h1-9H,11H2,(H2,20,21)/b14-9+. The summed E-state index contributed by atoms with van der Waals surface area (Å²) in [5.41, 5.74) is 6.48. The molecule has 0 aliphatic heterocycles. The number of nitrogens with zero attached hydrogens (tertiary/aromatic N) is 1. The highest BCUT2D eigenvalue weighted by atomic mass is 19.1. The fraction of sp³-hybridized carbons (Fsp3) is 0.0588. The maximum absolute atomic E-state index is 12.8. The quantitative estimate of drug-likeness (QED) is 0.681. The van der Waals surface area contributed by atoms with Gasteiger partial charge in [0.1, 0.15) is 29.8 Å². The first-order chi connectivity index (χ1) is 10.6. The first-order valence-electron chi connectivity index (χ1n) is 6.47. The number of benzene rings is 2. The molecule has 5 heteroatoms. The van der Waals surface area contributed by atoms with Crippen molar-refractivity contribution in [1.82, 2.24) is 0 Å². The first-order valence-corrected chi connectivity index (χ1v) is 6.47. The lowest BCUT2D eigenvalue weighted by molar-refractivity contribution is -0.114. The molecule has 0 radical (unpaired) electrons. The van der Waals surface area contributed by atoms with Crippen molar-refractivity contribution in [2.45, 2.75) is 6.61 Å². The third-order valence-electron chi connectivity index (χ3n) is 2.90. The van der Waals surface area contributed by atoms with Gasteiger partial charge in [-0.2, -0.15) is 5.26 Å². The minimum absolute atomic E-state index is 0.111. The number of nitrogens with two attached hydrogens (primary N) is 1. The Morgan fingerprint density at radius 3 is 2.36 bits per heavy atom. The van der Waals surface area contributed by atoms with E-state index >= 15 is 0 Å². The predicted octanol–water partition coefficient (Wildman–Crippen LogP) is 2.80. The summed E-state index contributed by atoms with van der Waals surface area (Å²) in [5, 5.41) is 8.77. The van der Waals surface area contributed by atoms with Crippen LogP contribution in [0, 0.1) is 17.1 Å². The minimum Gasteiger partial charge on any atom is -0.489 e. The molecule has 0 heterocycles. The topological polar surface area (TPSA) is 76.1 Å². The molecule has 2 aromatic carbocycles. The van der Waals surface area contributed by atoms with E-state index in [1.807, 2.05) is 0 Å². The monoisotopic (exact) mass is 296 g/mol. The van der Waals surface area contributed by atoms with E-state index in [0.29, 0.717) is 17.9 Å². The van der Waals surface area contributed by atoms with Crippen molar-refractivity contribution in [3.05, 3.63) is 71.0 Å². The van der Waals surface area contributed by atoms with Gasteiger partial charge in [0.05, 0.1) is 0 Å². The van der Waals surface area contributed by atoms with Crippen LogP contribution in [0.4, 0.5) is 4.39 Å². The number of primary amides is 1. The summed E-state index contributed by atoms with van der Waals surface area (Å²) in [6.07, 6.45) is 1.41. The van der Waals surface area contributed by atoms with Gasteiger partial charge in [-0.1, -0.05) is 24.3 Å². The second-order valence-electron chi connectivity index (χ2n) is 4.52. The average Bonchev–Trinajstić information content (AvgIpc) is 2.53. The molecule has 4 nitrogen and oxygen atoms in total. The normalized spacial score (nSPS) is 10.8. The summed E-state index contributed by atoms with van der Waals surface area (Å²) in [6, 6.07) is 14.6. The fourth-order valence-electron chi connectivity index (χ4n) is 1.73. The van der Waals surface area contributed by atoms with Crippen molar-refractivity contribution in [3.63, 3.8) is 0 Å². The lowest BCUT2D eigenvalue weighted by atomic mass is 10.1.